The second-order valence-electron chi connectivity index (χ2n) is 21.3. The largest absolute Gasteiger partial charge is 0.489 e. The first-order valence-electron chi connectivity index (χ1n) is 27.2. The summed E-state index contributed by atoms with van der Waals surface area (Å²) < 4.78 is 6.61. The third-order valence-corrected chi connectivity index (χ3v) is 16.5. The van der Waals surface area contributed by atoms with Crippen LogP contribution in [0, 0.1) is 0 Å². The summed E-state index contributed by atoms with van der Waals surface area (Å²) in [4.78, 5) is 2.39. The van der Waals surface area contributed by atoms with Gasteiger partial charge in [-0.1, -0.05) is 222 Å². The minimum absolute atomic E-state index is 0.423. The van der Waals surface area contributed by atoms with Gasteiger partial charge in [-0.2, -0.15) is 0 Å². The van der Waals surface area contributed by atoms with Crippen molar-refractivity contribution in [1.82, 2.24) is 0 Å². The number of aryl methyl sites for hydroxylation is 2. The maximum atomic E-state index is 6.61. The van der Waals surface area contributed by atoms with Gasteiger partial charge in [-0.3, -0.25) is 0 Å². The molecule has 3 atom stereocenters. The molecule has 75 heavy (non-hydrogen) atoms. The van der Waals surface area contributed by atoms with Gasteiger partial charge in [0.1, 0.15) is 12.4 Å². The van der Waals surface area contributed by atoms with Crippen LogP contribution >= 0.6 is 0 Å². The molecule has 0 saturated heterocycles. The minimum Gasteiger partial charge on any atom is -0.489 e. The Morgan fingerprint density at radius 1 is 0.440 bits per heavy atom. The first-order chi connectivity index (χ1) is 36.8. The highest BCUT2D eigenvalue weighted by molar-refractivity contribution is 5.90. The molecule has 0 heterocycles. The lowest BCUT2D eigenvalue weighted by atomic mass is 9.67. The van der Waals surface area contributed by atoms with Crippen LogP contribution in [0.1, 0.15) is 114 Å². The van der Waals surface area contributed by atoms with Crippen LogP contribution in [0.5, 0.6) is 5.75 Å². The average molecular weight is 972 g/mol. The second-order valence-corrected chi connectivity index (χ2v) is 21.3. The molecule has 3 unspecified atom stereocenters. The van der Waals surface area contributed by atoms with Gasteiger partial charge in [0.2, 0.25) is 0 Å². The van der Waals surface area contributed by atoms with E-state index in [1.807, 2.05) is 0 Å². The molecule has 2 aliphatic carbocycles. The van der Waals surface area contributed by atoms with Crippen LogP contribution in [0.4, 0.5) is 17.1 Å². The van der Waals surface area contributed by atoms with Crippen molar-refractivity contribution in [1.29, 1.82) is 0 Å². The molecule has 10 aromatic rings. The van der Waals surface area contributed by atoms with E-state index in [0.29, 0.717) is 24.4 Å². The highest BCUT2D eigenvalue weighted by Crippen LogP contribution is 2.57. The Labute approximate surface area is 445 Å². The van der Waals surface area contributed by atoms with Gasteiger partial charge < -0.3 is 9.64 Å². The quantitative estimate of drug-likeness (QED) is 0.0957. The number of nitrogens with zero attached hydrogens (tertiary/aromatic N) is 1. The van der Waals surface area contributed by atoms with Crippen molar-refractivity contribution < 1.29 is 4.74 Å². The van der Waals surface area contributed by atoms with Crippen LogP contribution in [0.15, 0.2) is 243 Å². The lowest BCUT2D eigenvalue weighted by molar-refractivity contribution is 0.306. The zero-order chi connectivity index (χ0) is 50.9. The molecule has 12 rings (SSSR count). The maximum absolute atomic E-state index is 6.61. The highest BCUT2D eigenvalue weighted by atomic mass is 16.5. The number of benzene rings is 10. The van der Waals surface area contributed by atoms with Gasteiger partial charge in [-0.05, 0) is 181 Å². The molecule has 0 aliphatic heterocycles. The number of anilines is 3. The maximum Gasteiger partial charge on any atom is 0.119 e. The molecule has 0 spiro atoms. The topological polar surface area (TPSA) is 12.5 Å². The normalized spacial score (nSPS) is 15.1. The molecule has 2 nitrogen and oxygen atoms in total. The van der Waals surface area contributed by atoms with Crippen LogP contribution in [0.2, 0.25) is 0 Å². The predicted octanol–water partition coefficient (Wildman–Crippen LogP) is 19.3. The Balaban J connectivity index is 0.823. The van der Waals surface area contributed by atoms with E-state index in [1.54, 1.807) is 0 Å². The summed E-state index contributed by atoms with van der Waals surface area (Å²) in [7, 11) is 0. The van der Waals surface area contributed by atoms with Gasteiger partial charge in [0, 0.05) is 17.1 Å². The zero-order valence-electron chi connectivity index (χ0n) is 43.7. The van der Waals surface area contributed by atoms with E-state index in [2.05, 4.69) is 275 Å². The van der Waals surface area contributed by atoms with Crippen molar-refractivity contribution in [3.8, 4) is 39.1 Å². The molecule has 0 aromatic heterocycles. The van der Waals surface area contributed by atoms with Crippen LogP contribution in [-0.4, -0.2) is 0 Å². The Morgan fingerprint density at radius 3 is 1.65 bits per heavy atom. The minimum atomic E-state index is -0.592. The van der Waals surface area contributed by atoms with Crippen molar-refractivity contribution in [2.24, 2.45) is 0 Å². The molecule has 10 aromatic carbocycles. The number of fused-ring (bicyclic) bond motifs is 4. The number of para-hydroxylation sites is 1. The predicted molar refractivity (Wildman–Crippen MR) is 314 cm³/mol. The molecule has 0 amide bonds. The van der Waals surface area contributed by atoms with E-state index < -0.39 is 5.41 Å². The summed E-state index contributed by atoms with van der Waals surface area (Å²) in [5.41, 5.74) is 23.6. The fourth-order valence-electron chi connectivity index (χ4n) is 12.1. The SMILES string of the molecule is CCC(CC(C)c1ccc(COc2ccc(C3(c4ccc(C(C)C)cc4)c4ccccc4-c4ccc(N(c5ccccc5)c5ccc(-c6ccccc6)cc5)cc43)cc2)cc1)c1ccc(-c2ccc3c(c2)CC3)cc1. The lowest BCUT2D eigenvalue weighted by Gasteiger charge is -2.35. The molecule has 0 N–H and O–H groups in total. The standard InChI is InChI=1S/C73H65NO/c1-5-53(57-24-26-59(27-25-57)61-30-28-60-29-31-62(60)47-61)46-51(4)55-22-20-52(21-23-55)49-75-68-43-38-64(39-44-68)73(63-36-32-54(33-37-63)50(2)3)71-19-13-12-18-69(71)70-45-42-67(48-72(70)73)74(65-16-10-7-11-17-65)66-40-34-58(35-41-66)56-14-8-6-9-15-56/h6-28,30,32-45,47-48,50-51,53H,5,29,31,46,49H2,1-4H3. The van der Waals surface area contributed by atoms with Gasteiger partial charge in [0.25, 0.3) is 0 Å². The summed E-state index contributed by atoms with van der Waals surface area (Å²) >= 11 is 0. The third-order valence-electron chi connectivity index (χ3n) is 16.5. The van der Waals surface area contributed by atoms with Crippen molar-refractivity contribution in [3.63, 3.8) is 0 Å². The molecule has 2 heteroatoms. The fourth-order valence-corrected chi connectivity index (χ4v) is 12.1. The van der Waals surface area contributed by atoms with Crippen molar-refractivity contribution in [3.05, 3.63) is 298 Å². The molecule has 0 radical (unpaired) electrons. The Morgan fingerprint density at radius 2 is 0.987 bits per heavy atom. The van der Waals surface area contributed by atoms with E-state index in [-0.39, 0.29) is 0 Å². The van der Waals surface area contributed by atoms with Crippen LogP contribution in [0.25, 0.3) is 33.4 Å². The number of rotatable bonds is 16. The smallest absolute Gasteiger partial charge is 0.119 e. The highest BCUT2D eigenvalue weighted by Gasteiger charge is 2.46. The Bertz CT molecular complexity index is 3560. The monoisotopic (exact) mass is 972 g/mol. The molecular weight excluding hydrogens is 907 g/mol. The molecule has 0 fully saturated rings. The van der Waals surface area contributed by atoms with Crippen molar-refractivity contribution >= 4 is 17.1 Å². The average Bonchev–Trinajstić information content (AvgIpc) is 3.96. The van der Waals surface area contributed by atoms with Gasteiger partial charge in [0.15, 0.2) is 0 Å². The summed E-state index contributed by atoms with van der Waals surface area (Å²) in [5, 5.41) is 0. The van der Waals surface area contributed by atoms with Gasteiger partial charge >= 0.3 is 0 Å². The van der Waals surface area contributed by atoms with E-state index in [0.717, 1.165) is 35.7 Å². The molecule has 0 saturated carbocycles. The second kappa shape index (κ2) is 20.6. The molecule has 368 valence electrons. The van der Waals surface area contributed by atoms with Gasteiger partial charge in [-0.15, -0.1) is 0 Å². The number of hydrogen-bond acceptors (Lipinski definition) is 2. The van der Waals surface area contributed by atoms with Gasteiger partial charge in [0.05, 0.1) is 5.41 Å². The van der Waals surface area contributed by atoms with Crippen LogP contribution < -0.4 is 9.64 Å². The van der Waals surface area contributed by atoms with Crippen LogP contribution in [0.3, 0.4) is 0 Å². The summed E-state index contributed by atoms with van der Waals surface area (Å²) in [6, 6.07) is 90.3. The Kier molecular flexibility index (Phi) is 13.1. The van der Waals surface area contributed by atoms with Crippen LogP contribution in [-0.2, 0) is 24.9 Å². The van der Waals surface area contributed by atoms with E-state index in [4.69, 9.17) is 4.74 Å². The van der Waals surface area contributed by atoms with E-state index >= 15 is 0 Å². The first-order valence-corrected chi connectivity index (χ1v) is 27.2. The zero-order valence-corrected chi connectivity index (χ0v) is 43.7. The fraction of sp³-hybridized carbons (Fsp3) is 0.178. The molecular formula is C73H65NO. The van der Waals surface area contributed by atoms with Crippen molar-refractivity contribution in [2.75, 3.05) is 4.90 Å². The molecule has 2 aliphatic rings. The third kappa shape index (κ3) is 9.18. The molecule has 0 bridgehead atoms. The summed E-state index contributed by atoms with van der Waals surface area (Å²) in [6.45, 7) is 9.75. The number of hydrogen-bond donors (Lipinski definition) is 0. The Hall–Kier alpha value is -8.20. The summed E-state index contributed by atoms with van der Waals surface area (Å²) in [6.07, 6.45) is 4.68. The van der Waals surface area contributed by atoms with E-state index in [9.17, 15) is 0 Å². The lowest BCUT2D eigenvalue weighted by Crippen LogP contribution is -2.29. The summed E-state index contributed by atoms with van der Waals surface area (Å²) in [5.74, 6) is 2.23. The van der Waals surface area contributed by atoms with Gasteiger partial charge in [-0.25, -0.2) is 0 Å². The number of ether oxygens (including phenoxy) is 1. The van der Waals surface area contributed by atoms with E-state index in [1.165, 1.54) is 102 Å². The first kappa shape index (κ1) is 47.8. The van der Waals surface area contributed by atoms with Crippen molar-refractivity contribution in [2.45, 2.75) is 83.2 Å².